The number of carbonyl (C=O) groups excluding carboxylic acids is 3. The molecule has 0 unspecified atom stereocenters. The van der Waals surface area contributed by atoms with Gasteiger partial charge >= 0.3 is 0 Å². The van der Waals surface area contributed by atoms with E-state index in [2.05, 4.69) is 10.6 Å². The molecular weight excluding hydrogens is 398 g/mol. The third-order valence-electron chi connectivity index (χ3n) is 5.39. The van der Waals surface area contributed by atoms with Gasteiger partial charge in [0.05, 0.1) is 17.1 Å². The maximum atomic E-state index is 12.7. The number of fused-ring (bicyclic) bond motifs is 1. The van der Waals surface area contributed by atoms with Crippen LogP contribution in [0.2, 0.25) is 0 Å². The highest BCUT2D eigenvalue weighted by atomic mass is 32.2. The van der Waals surface area contributed by atoms with E-state index < -0.39 is 0 Å². The van der Waals surface area contributed by atoms with Gasteiger partial charge < -0.3 is 15.5 Å². The Hall–Kier alpha value is -2.80. The van der Waals surface area contributed by atoms with E-state index in [4.69, 9.17) is 0 Å². The molecule has 3 amide bonds. The molecule has 4 rings (SSSR count). The summed E-state index contributed by atoms with van der Waals surface area (Å²) in [7, 11) is 0. The number of benzene rings is 2. The van der Waals surface area contributed by atoms with Gasteiger partial charge in [0, 0.05) is 23.0 Å². The minimum Gasteiger partial charge on any atom is -0.325 e. The van der Waals surface area contributed by atoms with Crippen LogP contribution in [-0.4, -0.2) is 29.5 Å². The Morgan fingerprint density at radius 3 is 2.60 bits per heavy atom. The van der Waals surface area contributed by atoms with Crippen molar-refractivity contribution in [2.75, 3.05) is 22.1 Å². The van der Waals surface area contributed by atoms with E-state index in [9.17, 15) is 14.4 Å². The Kier molecular flexibility index (Phi) is 6.38. The van der Waals surface area contributed by atoms with Crippen molar-refractivity contribution < 1.29 is 14.4 Å². The fourth-order valence-corrected chi connectivity index (χ4v) is 5.21. The maximum Gasteiger partial charge on any atom is 0.244 e. The Balaban J connectivity index is 1.35. The fourth-order valence-electron chi connectivity index (χ4n) is 3.88. The number of thioether (sulfide) groups is 1. The van der Waals surface area contributed by atoms with Crippen LogP contribution >= 0.6 is 11.8 Å². The summed E-state index contributed by atoms with van der Waals surface area (Å²) in [6, 6.07) is 15.0. The van der Waals surface area contributed by atoms with E-state index >= 15 is 0 Å². The largest absolute Gasteiger partial charge is 0.325 e. The van der Waals surface area contributed by atoms with Crippen LogP contribution in [0.15, 0.2) is 53.4 Å². The molecule has 1 aliphatic carbocycles. The van der Waals surface area contributed by atoms with Gasteiger partial charge in [-0.3, -0.25) is 14.4 Å². The second kappa shape index (κ2) is 9.34. The summed E-state index contributed by atoms with van der Waals surface area (Å²) in [4.78, 5) is 39.7. The van der Waals surface area contributed by atoms with E-state index in [1.807, 2.05) is 48.2 Å². The molecule has 0 atom stereocenters. The highest BCUT2D eigenvalue weighted by molar-refractivity contribution is 8.00. The van der Waals surface area contributed by atoms with Crippen molar-refractivity contribution in [3.63, 3.8) is 0 Å². The molecule has 0 radical (unpaired) electrons. The lowest BCUT2D eigenvalue weighted by molar-refractivity contribution is -0.124. The van der Waals surface area contributed by atoms with Crippen molar-refractivity contribution in [1.29, 1.82) is 0 Å². The molecule has 2 aromatic carbocycles. The summed E-state index contributed by atoms with van der Waals surface area (Å²) in [6.45, 7) is -0.0294. The molecule has 1 aliphatic heterocycles. The number of hydrogen-bond acceptors (Lipinski definition) is 4. The lowest BCUT2D eigenvalue weighted by Gasteiger charge is -2.29. The molecule has 156 valence electrons. The Labute approximate surface area is 180 Å². The van der Waals surface area contributed by atoms with Gasteiger partial charge in [0.2, 0.25) is 17.7 Å². The molecular formula is C23H25N3O3S. The van der Waals surface area contributed by atoms with Crippen LogP contribution in [0.1, 0.15) is 38.5 Å². The first-order valence-corrected chi connectivity index (χ1v) is 11.2. The molecule has 30 heavy (non-hydrogen) atoms. The van der Waals surface area contributed by atoms with Crippen molar-refractivity contribution in [3.8, 4) is 0 Å². The second-order valence-corrected chi connectivity index (χ2v) is 8.96. The zero-order valence-electron chi connectivity index (χ0n) is 16.7. The molecule has 2 N–H and O–H groups in total. The Morgan fingerprint density at radius 1 is 1.03 bits per heavy atom. The first-order chi connectivity index (χ1) is 14.6. The lowest BCUT2D eigenvalue weighted by atomic mass is 10.1. The average Bonchev–Trinajstić information content (AvgIpc) is 3.26. The quantitative estimate of drug-likeness (QED) is 0.721. The van der Waals surface area contributed by atoms with Gasteiger partial charge in [0.25, 0.3) is 0 Å². The number of carbonyl (C=O) groups is 3. The predicted molar refractivity (Wildman–Crippen MR) is 120 cm³/mol. The van der Waals surface area contributed by atoms with Crippen molar-refractivity contribution in [2.24, 2.45) is 0 Å². The molecule has 2 aliphatic rings. The lowest BCUT2D eigenvalue weighted by Crippen LogP contribution is -2.42. The molecule has 1 heterocycles. The summed E-state index contributed by atoms with van der Waals surface area (Å²) in [6.07, 6.45) is 5.09. The maximum absolute atomic E-state index is 12.7. The average molecular weight is 424 g/mol. The van der Waals surface area contributed by atoms with Crippen molar-refractivity contribution >= 4 is 46.5 Å². The van der Waals surface area contributed by atoms with E-state index in [1.54, 1.807) is 12.1 Å². The third-order valence-corrected chi connectivity index (χ3v) is 6.81. The summed E-state index contributed by atoms with van der Waals surface area (Å²) >= 11 is 1.83. The number of nitrogens with one attached hydrogen (secondary N) is 2. The number of amides is 3. The van der Waals surface area contributed by atoms with Gasteiger partial charge in [-0.05, 0) is 37.1 Å². The SMILES string of the molecule is O=C(CCC(=O)N1CC(=O)Nc2ccccc21)Nc1ccccc1SC1CCCC1. The first-order valence-electron chi connectivity index (χ1n) is 10.3. The van der Waals surface area contributed by atoms with Gasteiger partial charge in [0.1, 0.15) is 6.54 Å². The smallest absolute Gasteiger partial charge is 0.244 e. The standard InChI is InChI=1S/C23H25N3O3S/c27-21(25-18-10-4-6-12-20(18)30-16-7-1-2-8-16)13-14-23(29)26-15-22(28)24-17-9-3-5-11-19(17)26/h3-6,9-12,16H,1-2,7-8,13-15H2,(H,24,28)(H,25,27). The molecule has 0 bridgehead atoms. The molecule has 0 saturated heterocycles. The number of hydrogen-bond donors (Lipinski definition) is 2. The van der Waals surface area contributed by atoms with Crippen LogP contribution in [0.4, 0.5) is 17.1 Å². The number of anilines is 3. The van der Waals surface area contributed by atoms with Gasteiger partial charge in [0.15, 0.2) is 0 Å². The van der Waals surface area contributed by atoms with Crippen LogP contribution in [0, 0.1) is 0 Å². The van der Waals surface area contributed by atoms with Gasteiger partial charge in [-0.25, -0.2) is 0 Å². The summed E-state index contributed by atoms with van der Waals surface area (Å²) in [5, 5.41) is 6.33. The Bertz CT molecular complexity index is 956. The number of para-hydroxylation sites is 3. The van der Waals surface area contributed by atoms with Crippen molar-refractivity contribution in [2.45, 2.75) is 48.7 Å². The van der Waals surface area contributed by atoms with Gasteiger partial charge in [-0.15, -0.1) is 11.8 Å². The van der Waals surface area contributed by atoms with Crippen LogP contribution < -0.4 is 15.5 Å². The molecule has 1 fully saturated rings. The molecule has 1 saturated carbocycles. The normalized spacial score (nSPS) is 16.1. The highest BCUT2D eigenvalue weighted by Crippen LogP contribution is 2.38. The van der Waals surface area contributed by atoms with Crippen molar-refractivity contribution in [1.82, 2.24) is 0 Å². The number of rotatable bonds is 6. The molecule has 0 spiro atoms. The predicted octanol–water partition coefficient (Wildman–Crippen LogP) is 4.43. The van der Waals surface area contributed by atoms with Gasteiger partial charge in [-0.1, -0.05) is 37.1 Å². The fraction of sp³-hybridized carbons (Fsp3) is 0.348. The van der Waals surface area contributed by atoms with E-state index in [1.165, 1.54) is 30.6 Å². The zero-order valence-corrected chi connectivity index (χ0v) is 17.5. The molecule has 2 aromatic rings. The van der Waals surface area contributed by atoms with Crippen molar-refractivity contribution in [3.05, 3.63) is 48.5 Å². The van der Waals surface area contributed by atoms with E-state index in [0.29, 0.717) is 16.6 Å². The third kappa shape index (κ3) is 4.84. The topological polar surface area (TPSA) is 78.5 Å². The highest BCUT2D eigenvalue weighted by Gasteiger charge is 2.26. The summed E-state index contributed by atoms with van der Waals surface area (Å²) < 4.78 is 0. The van der Waals surface area contributed by atoms with Crippen LogP contribution in [-0.2, 0) is 14.4 Å². The molecule has 6 nitrogen and oxygen atoms in total. The minimum absolute atomic E-state index is 0.0294. The van der Waals surface area contributed by atoms with E-state index in [-0.39, 0.29) is 37.1 Å². The second-order valence-electron chi connectivity index (χ2n) is 7.61. The monoisotopic (exact) mass is 423 g/mol. The van der Waals surface area contributed by atoms with Gasteiger partial charge in [-0.2, -0.15) is 0 Å². The minimum atomic E-state index is -0.235. The van der Waals surface area contributed by atoms with E-state index in [0.717, 1.165) is 10.6 Å². The zero-order chi connectivity index (χ0) is 20.9. The molecule has 0 aromatic heterocycles. The van der Waals surface area contributed by atoms with Crippen LogP contribution in [0.3, 0.4) is 0 Å². The van der Waals surface area contributed by atoms with Crippen LogP contribution in [0.25, 0.3) is 0 Å². The number of nitrogens with zero attached hydrogens (tertiary/aromatic N) is 1. The van der Waals surface area contributed by atoms with Crippen LogP contribution in [0.5, 0.6) is 0 Å². The molecule has 7 heteroatoms. The first kappa shape index (κ1) is 20.5. The summed E-state index contributed by atoms with van der Waals surface area (Å²) in [5.41, 5.74) is 2.08. The Morgan fingerprint density at radius 2 is 1.77 bits per heavy atom. The summed E-state index contributed by atoms with van der Waals surface area (Å²) in [5.74, 6) is -0.664.